The van der Waals surface area contributed by atoms with Gasteiger partial charge >= 0.3 is 29.6 Å². The molecule has 0 aromatic carbocycles. The van der Waals surface area contributed by atoms with E-state index in [1.807, 2.05) is 0 Å². The second-order valence-electron chi connectivity index (χ2n) is 4.99. The van der Waals surface area contributed by atoms with Gasteiger partial charge in [0.1, 0.15) is 0 Å². The first kappa shape index (κ1) is 23.1. The summed E-state index contributed by atoms with van der Waals surface area (Å²) in [6.07, 6.45) is 12.1. The van der Waals surface area contributed by atoms with E-state index < -0.39 is 10.1 Å². The van der Waals surface area contributed by atoms with Gasteiger partial charge in [0, 0.05) is 0 Å². The first-order valence-electron chi connectivity index (χ1n) is 7.60. The number of hydrogen-bond donors (Lipinski definition) is 1. The van der Waals surface area contributed by atoms with Crippen LogP contribution in [-0.2, 0) is 14.3 Å². The number of rotatable bonds is 14. The summed E-state index contributed by atoms with van der Waals surface area (Å²) in [4.78, 5) is 0. The van der Waals surface area contributed by atoms with E-state index in [1.165, 1.54) is 44.9 Å². The van der Waals surface area contributed by atoms with E-state index in [-0.39, 0.29) is 48.5 Å². The number of aliphatic hydroxyl groups is 1. The predicted octanol–water partition coefficient (Wildman–Crippen LogP) is 0.250. The number of aliphatic hydroxyl groups excluding tert-OH is 1. The summed E-state index contributed by atoms with van der Waals surface area (Å²) in [6, 6.07) is 0. The average Bonchev–Trinajstić information content (AvgIpc) is 2.36. The third-order valence-corrected chi connectivity index (χ3v) is 4.31. The largest absolute Gasteiger partial charge is 1.00 e. The van der Waals surface area contributed by atoms with Crippen LogP contribution in [0.4, 0.5) is 0 Å². The van der Waals surface area contributed by atoms with Gasteiger partial charge in [0.15, 0.2) is 0 Å². The van der Waals surface area contributed by atoms with E-state index in [1.54, 1.807) is 0 Å². The summed E-state index contributed by atoms with van der Waals surface area (Å²) >= 11 is 0. The molecule has 0 aliphatic rings. The summed E-state index contributed by atoms with van der Waals surface area (Å²) in [5.41, 5.74) is 0. The van der Waals surface area contributed by atoms with Crippen LogP contribution in [0.25, 0.3) is 0 Å². The van der Waals surface area contributed by atoms with Crippen LogP contribution in [0.5, 0.6) is 0 Å². The standard InChI is InChI=1S/C14H30O4S.Na/c1-2-3-4-5-6-7-8-9-10-11-13-18-19(16,17)14-12-15;/h15H,2-14H2,1H3;/q;+1. The fourth-order valence-corrected chi connectivity index (χ4v) is 2.66. The van der Waals surface area contributed by atoms with Crippen molar-refractivity contribution in [2.45, 2.75) is 71.1 Å². The molecule has 0 aromatic heterocycles. The van der Waals surface area contributed by atoms with Crippen molar-refractivity contribution in [2.24, 2.45) is 0 Å². The van der Waals surface area contributed by atoms with Gasteiger partial charge in [0.2, 0.25) is 0 Å². The minimum Gasteiger partial charge on any atom is -0.395 e. The molecular formula is C14H30NaO4S+. The molecule has 4 nitrogen and oxygen atoms in total. The molecule has 0 fully saturated rings. The van der Waals surface area contributed by atoms with E-state index >= 15 is 0 Å². The molecule has 116 valence electrons. The monoisotopic (exact) mass is 317 g/mol. The van der Waals surface area contributed by atoms with Crippen LogP contribution in [0, 0.1) is 0 Å². The Morgan fingerprint density at radius 1 is 0.850 bits per heavy atom. The first-order valence-corrected chi connectivity index (χ1v) is 9.18. The minimum atomic E-state index is -3.49. The van der Waals surface area contributed by atoms with Crippen LogP contribution in [0.15, 0.2) is 0 Å². The van der Waals surface area contributed by atoms with Crippen LogP contribution in [0.1, 0.15) is 71.1 Å². The van der Waals surface area contributed by atoms with Crippen LogP contribution in [0.3, 0.4) is 0 Å². The molecular weight excluding hydrogens is 287 g/mol. The predicted molar refractivity (Wildman–Crippen MR) is 78.7 cm³/mol. The molecule has 20 heavy (non-hydrogen) atoms. The SMILES string of the molecule is CCCCCCCCCCCCOS(=O)(=O)CCO.[Na+]. The topological polar surface area (TPSA) is 63.6 Å². The molecule has 0 amide bonds. The molecule has 0 aliphatic heterocycles. The van der Waals surface area contributed by atoms with Gasteiger partial charge in [-0.1, -0.05) is 64.7 Å². The maximum Gasteiger partial charge on any atom is 1.00 e. The minimum absolute atomic E-state index is 0. The maximum absolute atomic E-state index is 11.1. The molecule has 0 radical (unpaired) electrons. The molecule has 0 bridgehead atoms. The fraction of sp³-hybridized carbons (Fsp3) is 1.00. The molecule has 0 atom stereocenters. The zero-order valence-corrected chi connectivity index (χ0v) is 16.1. The third-order valence-electron chi connectivity index (χ3n) is 3.10. The molecule has 0 saturated heterocycles. The van der Waals surface area contributed by atoms with Crippen molar-refractivity contribution >= 4 is 10.1 Å². The van der Waals surface area contributed by atoms with Crippen LogP contribution in [-0.4, -0.2) is 32.5 Å². The number of unbranched alkanes of at least 4 members (excludes halogenated alkanes) is 9. The summed E-state index contributed by atoms with van der Waals surface area (Å²) in [6.45, 7) is 2.10. The summed E-state index contributed by atoms with van der Waals surface area (Å²) in [5, 5.41) is 8.52. The van der Waals surface area contributed by atoms with Crippen LogP contribution < -0.4 is 29.6 Å². The van der Waals surface area contributed by atoms with Crippen LogP contribution >= 0.6 is 0 Å². The van der Waals surface area contributed by atoms with Gasteiger partial charge < -0.3 is 5.11 Å². The maximum atomic E-state index is 11.1. The molecule has 1 N–H and O–H groups in total. The van der Waals surface area contributed by atoms with Crippen molar-refractivity contribution in [3.05, 3.63) is 0 Å². The van der Waals surface area contributed by atoms with Crippen molar-refractivity contribution in [1.82, 2.24) is 0 Å². The van der Waals surface area contributed by atoms with E-state index in [0.29, 0.717) is 0 Å². The Morgan fingerprint density at radius 2 is 1.30 bits per heavy atom. The molecule has 0 aromatic rings. The third kappa shape index (κ3) is 16.9. The number of hydrogen-bond acceptors (Lipinski definition) is 4. The van der Waals surface area contributed by atoms with Crippen LogP contribution in [0.2, 0.25) is 0 Å². The van der Waals surface area contributed by atoms with Crippen molar-refractivity contribution in [1.29, 1.82) is 0 Å². The van der Waals surface area contributed by atoms with Gasteiger partial charge in [-0.2, -0.15) is 8.42 Å². The van der Waals surface area contributed by atoms with E-state index in [0.717, 1.165) is 19.3 Å². The van der Waals surface area contributed by atoms with Gasteiger partial charge in [0.05, 0.1) is 19.0 Å². The van der Waals surface area contributed by atoms with Gasteiger partial charge in [-0.3, -0.25) is 4.18 Å². The van der Waals surface area contributed by atoms with Gasteiger partial charge in [-0.15, -0.1) is 0 Å². The molecule has 6 heteroatoms. The molecule has 0 heterocycles. The average molecular weight is 317 g/mol. The van der Waals surface area contributed by atoms with E-state index in [4.69, 9.17) is 9.29 Å². The normalized spacial score (nSPS) is 11.3. The Balaban J connectivity index is 0. The Labute approximate surface area is 147 Å². The van der Waals surface area contributed by atoms with Gasteiger partial charge in [-0.05, 0) is 6.42 Å². The van der Waals surface area contributed by atoms with Gasteiger partial charge in [0.25, 0.3) is 10.1 Å². The van der Waals surface area contributed by atoms with Crippen molar-refractivity contribution < 1.29 is 47.3 Å². The molecule has 0 rings (SSSR count). The quantitative estimate of drug-likeness (QED) is 0.283. The van der Waals surface area contributed by atoms with Crippen molar-refractivity contribution in [3.63, 3.8) is 0 Å². The smallest absolute Gasteiger partial charge is 0.395 e. The van der Waals surface area contributed by atoms with Crippen molar-refractivity contribution in [2.75, 3.05) is 19.0 Å². The second kappa shape index (κ2) is 16.2. The van der Waals surface area contributed by atoms with Gasteiger partial charge in [-0.25, -0.2) is 0 Å². The Hall–Kier alpha value is 0.870. The van der Waals surface area contributed by atoms with Crippen molar-refractivity contribution in [3.8, 4) is 0 Å². The zero-order valence-electron chi connectivity index (χ0n) is 13.3. The van der Waals surface area contributed by atoms with E-state index in [2.05, 4.69) is 6.92 Å². The molecule has 0 aliphatic carbocycles. The molecule has 0 unspecified atom stereocenters. The summed E-state index contributed by atoms with van der Waals surface area (Å²) < 4.78 is 27.0. The molecule has 0 spiro atoms. The Bertz CT molecular complexity index is 281. The second-order valence-corrected chi connectivity index (χ2v) is 6.75. The zero-order chi connectivity index (χ0) is 14.4. The summed E-state index contributed by atoms with van der Waals surface area (Å²) in [7, 11) is -3.49. The fourth-order valence-electron chi connectivity index (χ4n) is 1.95. The first-order chi connectivity index (χ1) is 9.12. The van der Waals surface area contributed by atoms with E-state index in [9.17, 15) is 8.42 Å². The Kier molecular flexibility index (Phi) is 18.8. The molecule has 0 saturated carbocycles. The summed E-state index contributed by atoms with van der Waals surface area (Å²) in [5.74, 6) is -0.301. The Morgan fingerprint density at radius 3 is 1.75 bits per heavy atom.